The number of nitrogens with one attached hydrogen (secondary N) is 2. The summed E-state index contributed by atoms with van der Waals surface area (Å²) in [5.41, 5.74) is 4.32. The predicted octanol–water partition coefficient (Wildman–Crippen LogP) is 4.51. The number of fused-ring (bicyclic) bond motifs is 1. The van der Waals surface area contributed by atoms with Crippen LogP contribution in [0.3, 0.4) is 0 Å². The van der Waals surface area contributed by atoms with Gasteiger partial charge in [-0.1, -0.05) is 29.8 Å². The van der Waals surface area contributed by atoms with Gasteiger partial charge in [0.2, 0.25) is 0 Å². The summed E-state index contributed by atoms with van der Waals surface area (Å²) in [5, 5.41) is 8.12. The molecule has 1 saturated heterocycles. The maximum atomic E-state index is 6.12. The van der Waals surface area contributed by atoms with Crippen molar-refractivity contribution in [1.82, 2.24) is 0 Å². The summed E-state index contributed by atoms with van der Waals surface area (Å²) < 4.78 is 10.8. The first-order chi connectivity index (χ1) is 13.7. The van der Waals surface area contributed by atoms with E-state index in [4.69, 9.17) is 26.1 Å². The molecule has 0 radical (unpaired) electrons. The molecule has 2 heterocycles. The topological polar surface area (TPSA) is 54.9 Å². The van der Waals surface area contributed by atoms with Crippen LogP contribution in [-0.2, 0) is 22.4 Å². The highest BCUT2D eigenvalue weighted by Crippen LogP contribution is 2.37. The van der Waals surface area contributed by atoms with E-state index in [1.807, 2.05) is 18.2 Å². The van der Waals surface area contributed by atoms with Crippen LogP contribution in [0.5, 0.6) is 0 Å². The summed E-state index contributed by atoms with van der Waals surface area (Å²) in [4.78, 5) is 4.95. The van der Waals surface area contributed by atoms with Crippen molar-refractivity contribution in [3.05, 3.63) is 58.6 Å². The van der Waals surface area contributed by atoms with Crippen molar-refractivity contribution in [3.8, 4) is 0 Å². The number of hydrogen-bond acceptors (Lipinski definition) is 4. The monoisotopic (exact) mass is 399 g/mol. The van der Waals surface area contributed by atoms with Gasteiger partial charge >= 0.3 is 0 Å². The van der Waals surface area contributed by atoms with E-state index in [1.54, 1.807) is 7.11 Å². The molecule has 2 aromatic carbocycles. The largest absolute Gasteiger partial charge is 0.384 e. The molecule has 2 N–H and O–H groups in total. The van der Waals surface area contributed by atoms with Crippen molar-refractivity contribution in [2.24, 2.45) is 4.99 Å². The fourth-order valence-electron chi connectivity index (χ4n) is 3.82. The third kappa shape index (κ3) is 4.17. The fraction of sp³-hybridized carbons (Fsp3) is 0.409. The van der Waals surface area contributed by atoms with Gasteiger partial charge in [0.1, 0.15) is 5.84 Å². The molecule has 0 aliphatic carbocycles. The van der Waals surface area contributed by atoms with Gasteiger partial charge in [0.15, 0.2) is 0 Å². The molecule has 0 aromatic heterocycles. The highest BCUT2D eigenvalue weighted by molar-refractivity contribution is 6.30. The van der Waals surface area contributed by atoms with E-state index < -0.39 is 0 Å². The van der Waals surface area contributed by atoms with Crippen molar-refractivity contribution in [2.45, 2.75) is 31.3 Å². The number of methoxy groups -OCH3 is 1. The molecule has 1 spiro atoms. The van der Waals surface area contributed by atoms with Crippen molar-refractivity contribution in [3.63, 3.8) is 0 Å². The normalized spacial score (nSPS) is 19.1. The third-order valence-electron chi connectivity index (χ3n) is 5.41. The highest BCUT2D eigenvalue weighted by Gasteiger charge is 2.41. The number of ether oxygens (including phenoxy) is 2. The molecule has 2 aliphatic rings. The van der Waals surface area contributed by atoms with Crippen molar-refractivity contribution in [1.29, 1.82) is 0 Å². The van der Waals surface area contributed by atoms with Crippen LogP contribution in [0.25, 0.3) is 0 Å². The molecular weight excluding hydrogens is 374 g/mol. The van der Waals surface area contributed by atoms with Gasteiger partial charge in [0.25, 0.3) is 0 Å². The zero-order valence-corrected chi connectivity index (χ0v) is 16.9. The minimum atomic E-state index is -0.219. The zero-order valence-electron chi connectivity index (χ0n) is 16.1. The smallest absolute Gasteiger partial charge is 0.127 e. The minimum absolute atomic E-state index is 0.219. The molecule has 1 fully saturated rings. The van der Waals surface area contributed by atoms with Crippen LogP contribution in [0.1, 0.15) is 24.0 Å². The Morgan fingerprint density at radius 2 is 1.96 bits per heavy atom. The number of hydrogen-bond donors (Lipinski definition) is 2. The molecule has 0 unspecified atom stereocenters. The lowest BCUT2D eigenvalue weighted by Gasteiger charge is -2.44. The Hall–Kier alpha value is -2.08. The average Bonchev–Trinajstić information content (AvgIpc) is 2.71. The molecular formula is C22H26ClN3O2. The van der Waals surface area contributed by atoms with Crippen LogP contribution in [0.2, 0.25) is 5.02 Å². The molecule has 0 amide bonds. The van der Waals surface area contributed by atoms with Crippen LogP contribution in [0.4, 0.5) is 11.4 Å². The van der Waals surface area contributed by atoms with Gasteiger partial charge in [0.05, 0.1) is 30.1 Å². The van der Waals surface area contributed by atoms with E-state index in [0.717, 1.165) is 66.9 Å². The number of amidine groups is 1. The molecule has 2 aromatic rings. The molecule has 0 bridgehead atoms. The van der Waals surface area contributed by atoms with E-state index in [0.29, 0.717) is 6.54 Å². The first-order valence-corrected chi connectivity index (χ1v) is 10.1. The van der Waals surface area contributed by atoms with E-state index in [1.165, 1.54) is 5.56 Å². The second-order valence-corrected chi connectivity index (χ2v) is 7.80. The Morgan fingerprint density at radius 3 is 2.75 bits per heavy atom. The Bertz CT molecular complexity index is 863. The zero-order chi connectivity index (χ0) is 19.4. The molecule has 148 valence electrons. The summed E-state index contributed by atoms with van der Waals surface area (Å²) in [5.74, 6) is 0.980. The highest BCUT2D eigenvalue weighted by atomic mass is 35.5. The van der Waals surface area contributed by atoms with Crippen molar-refractivity contribution < 1.29 is 9.47 Å². The number of anilines is 2. The first-order valence-electron chi connectivity index (χ1n) is 9.73. The summed E-state index contributed by atoms with van der Waals surface area (Å²) in [6.45, 7) is 2.76. The summed E-state index contributed by atoms with van der Waals surface area (Å²) in [6.07, 6.45) is 2.67. The second-order valence-electron chi connectivity index (χ2n) is 7.36. The lowest BCUT2D eigenvalue weighted by molar-refractivity contribution is 0.0778. The molecule has 5 nitrogen and oxygen atoms in total. The van der Waals surface area contributed by atoms with E-state index >= 15 is 0 Å². The maximum absolute atomic E-state index is 6.12. The van der Waals surface area contributed by atoms with Gasteiger partial charge in [-0.05, 0) is 41.8 Å². The lowest BCUT2D eigenvalue weighted by atomic mass is 9.85. The van der Waals surface area contributed by atoms with E-state index in [9.17, 15) is 0 Å². The third-order valence-corrected chi connectivity index (χ3v) is 5.65. The van der Waals surface area contributed by atoms with E-state index in [-0.39, 0.29) is 5.54 Å². The molecule has 6 heteroatoms. The van der Waals surface area contributed by atoms with Gasteiger partial charge in [-0.15, -0.1) is 0 Å². The quantitative estimate of drug-likeness (QED) is 0.776. The Labute approximate surface area is 171 Å². The number of nitrogens with zero attached hydrogens (tertiary/aromatic N) is 1. The van der Waals surface area contributed by atoms with Crippen LogP contribution < -0.4 is 10.6 Å². The average molecular weight is 400 g/mol. The van der Waals surface area contributed by atoms with Crippen LogP contribution >= 0.6 is 11.6 Å². The molecule has 2 aliphatic heterocycles. The summed E-state index contributed by atoms with van der Waals surface area (Å²) >= 11 is 6.12. The number of rotatable bonds is 5. The summed E-state index contributed by atoms with van der Waals surface area (Å²) in [7, 11) is 1.73. The fourth-order valence-corrected chi connectivity index (χ4v) is 4.03. The Morgan fingerprint density at radius 1 is 1.11 bits per heavy atom. The first kappa shape index (κ1) is 19.2. The second kappa shape index (κ2) is 8.52. The number of aliphatic imine (C=N–C) groups is 1. The molecule has 0 saturated carbocycles. The van der Waals surface area contributed by atoms with E-state index in [2.05, 4.69) is 34.9 Å². The Balaban J connectivity index is 1.62. The van der Waals surface area contributed by atoms with Gasteiger partial charge in [0, 0.05) is 38.2 Å². The van der Waals surface area contributed by atoms with Gasteiger partial charge in [-0.25, -0.2) is 0 Å². The van der Waals surface area contributed by atoms with Crippen LogP contribution in [-0.4, -0.2) is 38.3 Å². The van der Waals surface area contributed by atoms with Crippen LogP contribution in [0.15, 0.2) is 47.5 Å². The molecule has 4 rings (SSSR count). The molecule has 0 atom stereocenters. The number of benzene rings is 2. The van der Waals surface area contributed by atoms with Crippen molar-refractivity contribution >= 4 is 28.8 Å². The number of halogens is 1. The molecule has 28 heavy (non-hydrogen) atoms. The predicted molar refractivity (Wildman–Crippen MR) is 115 cm³/mol. The van der Waals surface area contributed by atoms with Crippen LogP contribution in [0, 0.1) is 0 Å². The summed E-state index contributed by atoms with van der Waals surface area (Å²) in [6, 6.07) is 14.3. The lowest BCUT2D eigenvalue weighted by Crippen LogP contribution is -2.55. The van der Waals surface area contributed by atoms with Gasteiger partial charge < -0.3 is 20.1 Å². The van der Waals surface area contributed by atoms with Gasteiger partial charge in [-0.3, -0.25) is 4.99 Å². The standard InChI is InChI=1S/C22H26ClN3O2/c1-27-10-7-16-5-6-19-20(14-16)26-22(8-11-28-12-9-22)21(25-19)24-15-17-3-2-4-18(23)13-17/h2-6,13-14,26H,7-12,15H2,1H3,(H,24,25). The Kier molecular flexibility index (Phi) is 5.85. The maximum Gasteiger partial charge on any atom is 0.127 e. The van der Waals surface area contributed by atoms with Gasteiger partial charge in [-0.2, -0.15) is 0 Å². The van der Waals surface area contributed by atoms with Crippen molar-refractivity contribution in [2.75, 3.05) is 37.6 Å². The minimum Gasteiger partial charge on any atom is -0.384 e. The SMILES string of the molecule is COCCc1ccc2c(c1)NC1(CCOCC1)C(=NCc1cccc(Cl)c1)N2.